The summed E-state index contributed by atoms with van der Waals surface area (Å²) in [6, 6.07) is 0. The van der Waals surface area contributed by atoms with Gasteiger partial charge in [-0.3, -0.25) is 0 Å². The van der Waals surface area contributed by atoms with E-state index in [1.165, 1.54) is 38.5 Å². The van der Waals surface area contributed by atoms with Gasteiger partial charge in [0.25, 0.3) is 0 Å². The number of methoxy groups -OCH3 is 1. The van der Waals surface area contributed by atoms with Crippen LogP contribution < -0.4 is 0 Å². The number of nitrogens with one attached hydrogen (secondary N) is 1. The summed E-state index contributed by atoms with van der Waals surface area (Å²) in [7, 11) is 1.69. The van der Waals surface area contributed by atoms with Crippen LogP contribution in [-0.4, -0.2) is 39.0 Å². The molecular weight excluding hydrogens is 388 g/mol. The molecule has 5 heteroatoms. The minimum absolute atomic E-state index is 0.185. The standard InChI is InChI=1S/C26H42N2O3/c1-16(29)19-7-8-20-18-6-5-17-15-26(30,22(31-4)23-27-13-14-28-23)12-11-24(17,2)21(18)9-10-25(19,20)3/h13-14,16-22,29-30H,5-12,15H2,1-4H3,(H,27,28)/t16?,17?,18-,19+,20-,21-,22?,24-,25+,26+/m0/s1. The highest BCUT2D eigenvalue weighted by Crippen LogP contribution is 2.68. The molecule has 4 aliphatic carbocycles. The van der Waals surface area contributed by atoms with E-state index in [1.54, 1.807) is 13.3 Å². The molecule has 31 heavy (non-hydrogen) atoms. The fourth-order valence-corrected chi connectivity index (χ4v) is 9.35. The Bertz CT molecular complexity index is 782. The van der Waals surface area contributed by atoms with Crippen molar-refractivity contribution in [3.63, 3.8) is 0 Å². The van der Waals surface area contributed by atoms with Gasteiger partial charge in [-0.25, -0.2) is 4.98 Å². The highest BCUT2D eigenvalue weighted by Gasteiger charge is 2.62. The third-order valence-electron chi connectivity index (χ3n) is 10.9. The first-order valence-corrected chi connectivity index (χ1v) is 12.7. The van der Waals surface area contributed by atoms with Crippen LogP contribution in [0.2, 0.25) is 0 Å². The number of hydrogen-bond donors (Lipinski definition) is 3. The lowest BCUT2D eigenvalue weighted by atomic mass is 9.43. The topological polar surface area (TPSA) is 78.4 Å². The predicted molar refractivity (Wildman–Crippen MR) is 120 cm³/mol. The van der Waals surface area contributed by atoms with E-state index in [4.69, 9.17) is 4.74 Å². The van der Waals surface area contributed by atoms with Gasteiger partial charge in [0.15, 0.2) is 0 Å². The van der Waals surface area contributed by atoms with Crippen LogP contribution in [0.1, 0.15) is 90.5 Å². The number of nitrogens with zero attached hydrogens (tertiary/aromatic N) is 1. The third kappa shape index (κ3) is 3.17. The molecule has 1 aromatic heterocycles. The zero-order valence-electron chi connectivity index (χ0n) is 19.8. The highest BCUT2D eigenvalue weighted by atomic mass is 16.5. The molecule has 4 fully saturated rings. The number of aromatic amines is 1. The average Bonchev–Trinajstić information content (AvgIpc) is 3.36. The minimum atomic E-state index is -0.850. The minimum Gasteiger partial charge on any atom is -0.393 e. The Hall–Kier alpha value is -0.910. The van der Waals surface area contributed by atoms with Gasteiger partial charge in [-0.05, 0) is 105 Å². The normalized spacial score (nSPS) is 49.0. The summed E-state index contributed by atoms with van der Waals surface area (Å²) >= 11 is 0. The zero-order valence-corrected chi connectivity index (χ0v) is 19.8. The largest absolute Gasteiger partial charge is 0.393 e. The number of aliphatic hydroxyl groups is 2. The second-order valence-corrected chi connectivity index (χ2v) is 12.0. The molecule has 3 unspecified atom stereocenters. The predicted octanol–water partition coefficient (Wildman–Crippen LogP) is 4.87. The van der Waals surface area contributed by atoms with E-state index in [0.29, 0.717) is 22.7 Å². The fourth-order valence-electron chi connectivity index (χ4n) is 9.35. The number of fused-ring (bicyclic) bond motifs is 5. The smallest absolute Gasteiger partial charge is 0.143 e. The summed E-state index contributed by atoms with van der Waals surface area (Å²) in [6.07, 6.45) is 13.2. The van der Waals surface area contributed by atoms with Crippen molar-refractivity contribution in [1.29, 1.82) is 0 Å². The van der Waals surface area contributed by atoms with Gasteiger partial charge in [0.05, 0.1) is 11.7 Å². The van der Waals surface area contributed by atoms with Gasteiger partial charge in [-0.15, -0.1) is 0 Å². The lowest BCUT2D eigenvalue weighted by molar-refractivity contribution is -0.188. The first-order valence-electron chi connectivity index (χ1n) is 12.7. The van der Waals surface area contributed by atoms with Crippen molar-refractivity contribution in [2.24, 2.45) is 40.4 Å². The summed E-state index contributed by atoms with van der Waals surface area (Å²) in [5.41, 5.74) is -0.229. The highest BCUT2D eigenvalue weighted by molar-refractivity contribution is 5.13. The summed E-state index contributed by atoms with van der Waals surface area (Å²) in [5, 5.41) is 22.2. The van der Waals surface area contributed by atoms with Gasteiger partial charge in [0.1, 0.15) is 11.9 Å². The first kappa shape index (κ1) is 21.9. The van der Waals surface area contributed by atoms with Gasteiger partial charge in [-0.2, -0.15) is 0 Å². The van der Waals surface area contributed by atoms with Gasteiger partial charge >= 0.3 is 0 Å². The van der Waals surface area contributed by atoms with Crippen LogP contribution in [-0.2, 0) is 4.74 Å². The van der Waals surface area contributed by atoms with Crippen molar-refractivity contribution in [2.75, 3.05) is 7.11 Å². The van der Waals surface area contributed by atoms with Crippen LogP contribution in [0.4, 0.5) is 0 Å². The van der Waals surface area contributed by atoms with Gasteiger partial charge in [-0.1, -0.05) is 13.8 Å². The molecule has 1 aromatic rings. The molecule has 174 valence electrons. The van der Waals surface area contributed by atoms with Crippen LogP contribution in [0.5, 0.6) is 0 Å². The SMILES string of the molecule is COC(c1ncc[nH]1)[C@@]1(O)CC[C@@]2(C)C(CC[C@H]3[C@@H]4CC[C@H](C(C)O)[C@@]4(C)CC[C@@H]32)C1. The van der Waals surface area contributed by atoms with Gasteiger partial charge in [0.2, 0.25) is 0 Å². The Kier molecular flexibility index (Phi) is 5.35. The van der Waals surface area contributed by atoms with E-state index in [1.807, 2.05) is 13.1 Å². The Morgan fingerprint density at radius 1 is 1.06 bits per heavy atom. The van der Waals surface area contributed by atoms with Gasteiger partial charge in [0, 0.05) is 19.5 Å². The maximum absolute atomic E-state index is 11.7. The third-order valence-corrected chi connectivity index (χ3v) is 10.9. The van der Waals surface area contributed by atoms with Crippen molar-refractivity contribution in [3.05, 3.63) is 18.2 Å². The van der Waals surface area contributed by atoms with Crippen LogP contribution in [0.3, 0.4) is 0 Å². The molecule has 10 atom stereocenters. The number of imidazole rings is 1. The summed E-state index contributed by atoms with van der Waals surface area (Å²) < 4.78 is 5.79. The quantitative estimate of drug-likeness (QED) is 0.637. The van der Waals surface area contributed by atoms with Crippen molar-refractivity contribution in [3.8, 4) is 0 Å². The van der Waals surface area contributed by atoms with Crippen LogP contribution in [0.25, 0.3) is 0 Å². The number of aromatic nitrogens is 2. The zero-order chi connectivity index (χ0) is 22.0. The van der Waals surface area contributed by atoms with Gasteiger partial charge < -0.3 is 19.9 Å². The number of H-pyrrole nitrogens is 1. The van der Waals surface area contributed by atoms with Crippen molar-refractivity contribution >= 4 is 0 Å². The molecule has 4 aliphatic rings. The number of hydrogen-bond acceptors (Lipinski definition) is 4. The Labute approximate surface area is 187 Å². The molecule has 5 rings (SSSR count). The molecule has 0 amide bonds. The molecule has 5 nitrogen and oxygen atoms in total. The summed E-state index contributed by atoms with van der Waals surface area (Å²) in [6.45, 7) is 7.03. The van der Waals surface area contributed by atoms with E-state index in [2.05, 4.69) is 23.8 Å². The van der Waals surface area contributed by atoms with Crippen LogP contribution in [0, 0.1) is 40.4 Å². The number of rotatable bonds is 4. The maximum atomic E-state index is 11.7. The number of aliphatic hydroxyl groups excluding tert-OH is 1. The molecule has 3 N–H and O–H groups in total. The molecule has 0 spiro atoms. The van der Waals surface area contributed by atoms with E-state index in [-0.39, 0.29) is 12.2 Å². The van der Waals surface area contributed by atoms with Crippen molar-refractivity contribution in [1.82, 2.24) is 9.97 Å². The second kappa shape index (κ2) is 7.56. The van der Waals surface area contributed by atoms with Crippen molar-refractivity contribution in [2.45, 2.75) is 96.4 Å². The van der Waals surface area contributed by atoms with Crippen LogP contribution >= 0.6 is 0 Å². The maximum Gasteiger partial charge on any atom is 0.143 e. The summed E-state index contributed by atoms with van der Waals surface area (Å²) in [4.78, 5) is 7.56. The Morgan fingerprint density at radius 3 is 2.52 bits per heavy atom. The van der Waals surface area contributed by atoms with E-state index < -0.39 is 5.60 Å². The van der Waals surface area contributed by atoms with Crippen LogP contribution in [0.15, 0.2) is 12.4 Å². The molecule has 0 aromatic carbocycles. The summed E-state index contributed by atoms with van der Waals surface area (Å²) in [5.74, 6) is 4.06. The second-order valence-electron chi connectivity index (χ2n) is 12.0. The molecule has 1 heterocycles. The molecule has 0 saturated heterocycles. The Morgan fingerprint density at radius 2 is 1.84 bits per heavy atom. The molecule has 0 bridgehead atoms. The van der Waals surface area contributed by atoms with Crippen molar-refractivity contribution < 1.29 is 14.9 Å². The first-order chi connectivity index (χ1) is 14.7. The van der Waals surface area contributed by atoms with E-state index >= 15 is 0 Å². The molecule has 4 saturated carbocycles. The van der Waals surface area contributed by atoms with E-state index in [9.17, 15) is 10.2 Å². The lowest BCUT2D eigenvalue weighted by Crippen LogP contribution is -2.57. The fraction of sp³-hybridized carbons (Fsp3) is 0.885. The molecule has 0 radical (unpaired) electrons. The molecular formula is C26H42N2O3. The Balaban J connectivity index is 1.37. The monoisotopic (exact) mass is 430 g/mol. The lowest BCUT2D eigenvalue weighted by Gasteiger charge is -2.62. The number of ether oxygens (including phenoxy) is 1. The average molecular weight is 431 g/mol. The molecule has 0 aliphatic heterocycles. The van der Waals surface area contributed by atoms with E-state index in [0.717, 1.165) is 42.8 Å².